The van der Waals surface area contributed by atoms with Gasteiger partial charge >= 0.3 is 0 Å². The molecule has 0 saturated carbocycles. The van der Waals surface area contributed by atoms with Gasteiger partial charge in [0.1, 0.15) is 11.5 Å². The van der Waals surface area contributed by atoms with Crippen molar-refractivity contribution in [3.05, 3.63) is 35.4 Å². The van der Waals surface area contributed by atoms with Gasteiger partial charge in [-0.05, 0) is 25.0 Å². The van der Waals surface area contributed by atoms with Crippen molar-refractivity contribution in [3.8, 4) is 0 Å². The molecule has 2 aromatic rings. The van der Waals surface area contributed by atoms with Crippen LogP contribution < -0.4 is 0 Å². The minimum atomic E-state index is -3.21. The monoisotopic (exact) mass is 339 g/mol. The van der Waals surface area contributed by atoms with Crippen LogP contribution in [0.15, 0.2) is 21.1 Å². The van der Waals surface area contributed by atoms with Crippen molar-refractivity contribution in [2.24, 2.45) is 0 Å². The first-order valence-electron chi connectivity index (χ1n) is 7.21. The maximum atomic E-state index is 12.6. The minimum absolute atomic E-state index is 0.121. The van der Waals surface area contributed by atoms with Crippen molar-refractivity contribution >= 4 is 15.7 Å². The van der Waals surface area contributed by atoms with E-state index in [0.717, 1.165) is 19.1 Å². The lowest BCUT2D eigenvalue weighted by atomic mass is 10.2. The average molecular weight is 339 g/mol. The molecule has 1 amide bonds. The van der Waals surface area contributed by atoms with E-state index in [1.54, 1.807) is 11.8 Å². The Bertz CT molecular complexity index is 823. The summed E-state index contributed by atoms with van der Waals surface area (Å²) in [4.78, 5) is 18.4. The van der Waals surface area contributed by atoms with Gasteiger partial charge in [0.05, 0.1) is 6.04 Å². The molecule has 0 aromatic carbocycles. The third kappa shape index (κ3) is 3.44. The molecule has 9 heteroatoms. The second-order valence-corrected chi connectivity index (χ2v) is 7.80. The number of sulfone groups is 1. The van der Waals surface area contributed by atoms with E-state index in [1.165, 1.54) is 12.1 Å². The van der Waals surface area contributed by atoms with Crippen LogP contribution >= 0.6 is 0 Å². The molecule has 0 radical (unpaired) electrons. The number of carbonyl (C=O) groups excluding carboxylic acids is 1. The summed E-state index contributed by atoms with van der Waals surface area (Å²) < 4.78 is 33.0. The molecule has 1 atom stereocenters. The summed E-state index contributed by atoms with van der Waals surface area (Å²) in [5.41, 5.74) is 0. The number of furan rings is 1. The van der Waals surface area contributed by atoms with Crippen molar-refractivity contribution in [3.63, 3.8) is 0 Å². The van der Waals surface area contributed by atoms with E-state index in [0.29, 0.717) is 18.3 Å². The Morgan fingerprint density at radius 2 is 2.22 bits per heavy atom. The van der Waals surface area contributed by atoms with Gasteiger partial charge in [0, 0.05) is 19.7 Å². The van der Waals surface area contributed by atoms with Crippen LogP contribution in [0.3, 0.4) is 0 Å². The third-order valence-electron chi connectivity index (χ3n) is 3.63. The highest BCUT2D eigenvalue weighted by atomic mass is 32.2. The number of likely N-dealkylation sites (tertiary alicyclic amines) is 1. The van der Waals surface area contributed by atoms with E-state index in [9.17, 15) is 13.2 Å². The summed E-state index contributed by atoms with van der Waals surface area (Å²) in [7, 11) is -3.21. The smallest absolute Gasteiger partial charge is 0.290 e. The first-order valence-corrected chi connectivity index (χ1v) is 9.27. The molecule has 1 aliphatic heterocycles. The Morgan fingerprint density at radius 1 is 1.43 bits per heavy atom. The predicted molar refractivity (Wildman–Crippen MR) is 79.3 cm³/mol. The van der Waals surface area contributed by atoms with Crippen LogP contribution in [0.25, 0.3) is 0 Å². The van der Waals surface area contributed by atoms with Gasteiger partial charge in [-0.1, -0.05) is 5.16 Å². The summed E-state index contributed by atoms with van der Waals surface area (Å²) >= 11 is 0. The van der Waals surface area contributed by atoms with Crippen molar-refractivity contribution in [1.82, 2.24) is 15.0 Å². The maximum absolute atomic E-state index is 12.6. The Hall–Kier alpha value is -2.16. The topological polar surface area (TPSA) is 107 Å². The van der Waals surface area contributed by atoms with Gasteiger partial charge in [0.25, 0.3) is 5.91 Å². The zero-order valence-corrected chi connectivity index (χ0v) is 13.7. The number of aromatic nitrogens is 2. The molecule has 8 nitrogen and oxygen atoms in total. The van der Waals surface area contributed by atoms with Crippen molar-refractivity contribution < 1.29 is 22.2 Å². The minimum Gasteiger partial charge on any atom is -0.455 e. The van der Waals surface area contributed by atoms with E-state index < -0.39 is 9.84 Å². The van der Waals surface area contributed by atoms with Crippen LogP contribution in [-0.2, 0) is 15.6 Å². The number of rotatable bonds is 4. The fourth-order valence-corrected chi connectivity index (χ4v) is 3.37. The number of carbonyl (C=O) groups is 1. The number of nitrogens with zero attached hydrogens (tertiary/aromatic N) is 3. The molecule has 2 aromatic heterocycles. The summed E-state index contributed by atoms with van der Waals surface area (Å²) in [6.07, 6.45) is 2.70. The Labute approximate surface area is 133 Å². The molecule has 1 fully saturated rings. The van der Waals surface area contributed by atoms with Crippen molar-refractivity contribution in [1.29, 1.82) is 0 Å². The largest absolute Gasteiger partial charge is 0.455 e. The molecule has 0 aliphatic carbocycles. The van der Waals surface area contributed by atoms with Gasteiger partial charge in [-0.2, -0.15) is 4.98 Å². The molecule has 0 spiro atoms. The number of aryl methyl sites for hydroxylation is 1. The second-order valence-electron chi connectivity index (χ2n) is 5.66. The molecular weight excluding hydrogens is 322 g/mol. The quantitative estimate of drug-likeness (QED) is 0.830. The molecule has 0 N–H and O–H groups in total. The summed E-state index contributed by atoms with van der Waals surface area (Å²) in [6, 6.07) is 2.76. The molecule has 1 saturated heterocycles. The lowest BCUT2D eigenvalue weighted by Gasteiger charge is -2.20. The number of hydrogen-bond donors (Lipinski definition) is 0. The maximum Gasteiger partial charge on any atom is 0.290 e. The van der Waals surface area contributed by atoms with E-state index in [1.807, 2.05) is 0 Å². The fraction of sp³-hybridized carbons (Fsp3) is 0.500. The molecule has 124 valence electrons. The van der Waals surface area contributed by atoms with Gasteiger partial charge < -0.3 is 13.8 Å². The predicted octanol–water partition coefficient (Wildman–Crippen LogP) is 1.49. The molecule has 0 bridgehead atoms. The standard InChI is InChI=1S/C14H17N3O5S/c1-9-15-13(16-22-9)11-4-3-7-17(11)14(18)12-6-5-10(21-12)8-23(2,19)20/h5-6,11H,3-4,7-8H2,1-2H3. The zero-order chi connectivity index (χ0) is 16.6. The molecule has 3 heterocycles. The van der Waals surface area contributed by atoms with Gasteiger partial charge in [0.15, 0.2) is 21.4 Å². The second kappa shape index (κ2) is 5.80. The fourth-order valence-electron chi connectivity index (χ4n) is 2.70. The van der Waals surface area contributed by atoms with Crippen LogP contribution in [0.1, 0.15) is 46.9 Å². The van der Waals surface area contributed by atoms with Gasteiger partial charge in [-0.15, -0.1) is 0 Å². The third-order valence-corrected chi connectivity index (χ3v) is 4.44. The van der Waals surface area contributed by atoms with Gasteiger partial charge in [0.2, 0.25) is 5.89 Å². The Kier molecular flexibility index (Phi) is 3.97. The SMILES string of the molecule is Cc1nc(C2CCCN2C(=O)c2ccc(CS(C)(=O)=O)o2)no1. The van der Waals surface area contributed by atoms with Crippen LogP contribution in [0.4, 0.5) is 0 Å². The van der Waals surface area contributed by atoms with Crippen LogP contribution in [0.2, 0.25) is 0 Å². The average Bonchev–Trinajstić information content (AvgIpc) is 3.15. The zero-order valence-electron chi connectivity index (χ0n) is 12.9. The van der Waals surface area contributed by atoms with Crippen molar-refractivity contribution in [2.45, 2.75) is 31.6 Å². The van der Waals surface area contributed by atoms with Crippen LogP contribution in [0, 0.1) is 6.92 Å². The molecular formula is C14H17N3O5S. The highest BCUT2D eigenvalue weighted by molar-refractivity contribution is 7.89. The number of amides is 1. The van der Waals surface area contributed by atoms with Crippen LogP contribution in [-0.4, -0.2) is 42.2 Å². The first-order chi connectivity index (χ1) is 10.8. The lowest BCUT2D eigenvalue weighted by molar-refractivity contribution is 0.0694. The van der Waals surface area contributed by atoms with E-state index in [-0.39, 0.29) is 29.2 Å². The van der Waals surface area contributed by atoms with Gasteiger partial charge in [-0.25, -0.2) is 8.42 Å². The van der Waals surface area contributed by atoms with E-state index in [4.69, 9.17) is 8.94 Å². The normalized spacial score (nSPS) is 18.5. The highest BCUT2D eigenvalue weighted by Crippen LogP contribution is 2.31. The molecule has 23 heavy (non-hydrogen) atoms. The Morgan fingerprint density at radius 3 is 2.87 bits per heavy atom. The molecule has 1 unspecified atom stereocenters. The first kappa shape index (κ1) is 15.7. The van der Waals surface area contributed by atoms with Crippen LogP contribution in [0.5, 0.6) is 0 Å². The molecule has 1 aliphatic rings. The molecule has 3 rings (SSSR count). The van der Waals surface area contributed by atoms with E-state index >= 15 is 0 Å². The van der Waals surface area contributed by atoms with E-state index in [2.05, 4.69) is 10.1 Å². The summed E-state index contributed by atoms with van der Waals surface area (Å²) in [6.45, 7) is 2.26. The Balaban J connectivity index is 1.79. The summed E-state index contributed by atoms with van der Waals surface area (Å²) in [5, 5.41) is 3.89. The lowest BCUT2D eigenvalue weighted by Crippen LogP contribution is -2.30. The van der Waals surface area contributed by atoms with Crippen molar-refractivity contribution in [2.75, 3.05) is 12.8 Å². The van der Waals surface area contributed by atoms with Gasteiger partial charge in [-0.3, -0.25) is 4.79 Å². The summed E-state index contributed by atoms with van der Waals surface area (Å²) in [5.74, 6) is 0.782. The number of hydrogen-bond acceptors (Lipinski definition) is 7. The highest BCUT2D eigenvalue weighted by Gasteiger charge is 2.35.